The van der Waals surface area contributed by atoms with E-state index in [1.807, 2.05) is 0 Å². The molecule has 0 aromatic heterocycles. The molecular weight excluding hydrogens is 1330 g/mol. The average molecular weight is 1490 g/mol. The zero-order valence-electron chi connectivity index (χ0n) is 67.2. The summed E-state index contributed by atoms with van der Waals surface area (Å²) in [6.45, 7) is 14.3. The Morgan fingerprint density at radius 1 is 0.275 bits per heavy atom. The van der Waals surface area contributed by atoms with Crippen LogP contribution < -0.4 is 0 Å². The summed E-state index contributed by atoms with van der Waals surface area (Å²) in [4.78, 5) is 73.0. The molecule has 0 amide bonds. The summed E-state index contributed by atoms with van der Waals surface area (Å²) < 4.78 is 68.7. The van der Waals surface area contributed by atoms with Crippen molar-refractivity contribution in [2.24, 2.45) is 23.7 Å². The summed E-state index contributed by atoms with van der Waals surface area (Å²) in [7, 11) is -9.92. The van der Waals surface area contributed by atoms with Crippen LogP contribution in [0, 0.1) is 23.7 Å². The van der Waals surface area contributed by atoms with Crippen LogP contribution in [0.3, 0.4) is 0 Å². The van der Waals surface area contributed by atoms with Crippen LogP contribution in [0.25, 0.3) is 0 Å². The van der Waals surface area contributed by atoms with Gasteiger partial charge in [0.1, 0.15) is 19.3 Å². The van der Waals surface area contributed by atoms with Gasteiger partial charge >= 0.3 is 39.5 Å². The smallest absolute Gasteiger partial charge is 0.462 e. The van der Waals surface area contributed by atoms with Gasteiger partial charge in [0.05, 0.1) is 26.4 Å². The molecule has 102 heavy (non-hydrogen) atoms. The number of hydrogen-bond donors (Lipinski definition) is 3. The Morgan fingerprint density at radius 2 is 0.471 bits per heavy atom. The molecule has 0 fully saturated rings. The Hall–Kier alpha value is -1.94. The topological polar surface area (TPSA) is 237 Å². The highest BCUT2D eigenvalue weighted by Gasteiger charge is 2.30. The summed E-state index contributed by atoms with van der Waals surface area (Å²) in [5, 5.41) is 10.6. The molecule has 0 bridgehead atoms. The molecule has 19 heteroatoms. The number of ether oxygens (including phenoxy) is 4. The summed E-state index contributed by atoms with van der Waals surface area (Å²) in [6.07, 6.45) is 59.9. The highest BCUT2D eigenvalue weighted by atomic mass is 31.2. The molecule has 17 nitrogen and oxygen atoms in total. The first kappa shape index (κ1) is 100. The highest BCUT2D eigenvalue weighted by molar-refractivity contribution is 7.47. The largest absolute Gasteiger partial charge is 0.472 e. The van der Waals surface area contributed by atoms with E-state index in [2.05, 4.69) is 55.4 Å². The zero-order valence-corrected chi connectivity index (χ0v) is 69.0. The lowest BCUT2D eigenvalue weighted by atomic mass is 9.99. The summed E-state index contributed by atoms with van der Waals surface area (Å²) in [5.41, 5.74) is 0. The fourth-order valence-electron chi connectivity index (χ4n) is 12.8. The van der Waals surface area contributed by atoms with Gasteiger partial charge in [-0.3, -0.25) is 37.3 Å². The number of aliphatic hydroxyl groups excluding tert-OH is 1. The van der Waals surface area contributed by atoms with E-state index >= 15 is 0 Å². The molecule has 4 unspecified atom stereocenters. The van der Waals surface area contributed by atoms with Crippen molar-refractivity contribution in [3.05, 3.63) is 0 Å². The van der Waals surface area contributed by atoms with E-state index < -0.39 is 97.5 Å². The molecule has 0 aromatic rings. The third-order valence-electron chi connectivity index (χ3n) is 19.7. The minimum absolute atomic E-state index is 0.105. The Bertz CT molecular complexity index is 1990. The minimum Gasteiger partial charge on any atom is -0.462 e. The molecule has 0 radical (unpaired) electrons. The molecule has 3 N–H and O–H groups in total. The van der Waals surface area contributed by atoms with Crippen molar-refractivity contribution in [2.45, 2.75) is 446 Å². The maximum Gasteiger partial charge on any atom is 0.472 e. The molecule has 0 aromatic carbocycles. The molecule has 0 saturated heterocycles. The minimum atomic E-state index is -4.96. The molecule has 0 aliphatic carbocycles. The van der Waals surface area contributed by atoms with Crippen LogP contribution in [-0.4, -0.2) is 96.7 Å². The Morgan fingerprint density at radius 3 is 0.696 bits per heavy atom. The lowest BCUT2D eigenvalue weighted by Gasteiger charge is -2.21. The van der Waals surface area contributed by atoms with Crippen LogP contribution in [-0.2, 0) is 65.4 Å². The van der Waals surface area contributed by atoms with Gasteiger partial charge in [-0.2, -0.15) is 0 Å². The van der Waals surface area contributed by atoms with Gasteiger partial charge in [-0.05, 0) is 49.4 Å². The zero-order chi connectivity index (χ0) is 75.3. The number of phosphoric ester groups is 2. The van der Waals surface area contributed by atoms with E-state index in [1.165, 1.54) is 225 Å². The summed E-state index contributed by atoms with van der Waals surface area (Å²) in [6, 6.07) is 0. The molecule has 0 aliphatic rings. The van der Waals surface area contributed by atoms with Crippen molar-refractivity contribution in [1.82, 2.24) is 0 Å². The normalized spacial score (nSPS) is 14.3. The first-order valence-electron chi connectivity index (χ1n) is 42.7. The fourth-order valence-corrected chi connectivity index (χ4v) is 14.3. The van der Waals surface area contributed by atoms with Gasteiger partial charge in [0, 0.05) is 25.7 Å². The number of hydrogen-bond acceptors (Lipinski definition) is 15. The third-order valence-corrected chi connectivity index (χ3v) is 21.6. The van der Waals surface area contributed by atoms with Crippen LogP contribution in [0.4, 0.5) is 0 Å². The standard InChI is InChI=1S/C83H162O17P2/c1-9-76(8)62-54-46-38-30-24-20-16-12-10-11-13-17-22-26-32-40-49-57-65-82(87)99-79(70-94-81(86)64-56-48-42-34-37-45-53-61-75(6)7)72-98-102(91,92)96-68-77(84)67-95-101(89,90)97-71-78(100-83(88)66-58-50-41-33-27-29-36-44-52-60-74(4)5)69-93-80(85)63-55-47-39-31-25-21-18-14-15-19-23-28-35-43-51-59-73(2)3/h73-79,84H,9-72H2,1-8H3,(H,89,90)(H,91,92)/t76?,77?,78-,79-/m1/s1. The second-order valence-electron chi connectivity index (χ2n) is 31.5. The van der Waals surface area contributed by atoms with Gasteiger partial charge in [-0.15, -0.1) is 0 Å². The van der Waals surface area contributed by atoms with Crippen LogP contribution in [0.1, 0.15) is 428 Å². The van der Waals surface area contributed by atoms with Crippen LogP contribution in [0.15, 0.2) is 0 Å². The van der Waals surface area contributed by atoms with Gasteiger partial charge in [0.2, 0.25) is 0 Å². The van der Waals surface area contributed by atoms with E-state index in [1.54, 1.807) is 0 Å². The van der Waals surface area contributed by atoms with E-state index in [4.69, 9.17) is 37.0 Å². The monoisotopic (exact) mass is 1490 g/mol. The maximum atomic E-state index is 13.1. The van der Waals surface area contributed by atoms with Crippen molar-refractivity contribution in [3.63, 3.8) is 0 Å². The summed E-state index contributed by atoms with van der Waals surface area (Å²) in [5.74, 6) is 1.00. The second-order valence-corrected chi connectivity index (χ2v) is 34.4. The maximum absolute atomic E-state index is 13.1. The third kappa shape index (κ3) is 74.9. The van der Waals surface area contributed by atoms with Gasteiger partial charge in [-0.1, -0.05) is 376 Å². The molecule has 0 saturated carbocycles. The first-order chi connectivity index (χ1) is 49.1. The first-order valence-corrected chi connectivity index (χ1v) is 45.7. The number of aliphatic hydroxyl groups is 1. The van der Waals surface area contributed by atoms with Crippen molar-refractivity contribution in [2.75, 3.05) is 39.6 Å². The SMILES string of the molecule is CCC(C)CCCCCCCCCCCCCCCCCCCCC(=O)O[C@H](COC(=O)CCCCCCCCCC(C)C)COP(=O)(O)OCC(O)COP(=O)(O)OC[C@@H](COC(=O)CCCCCCCCCCCCCCCCCC(C)C)OC(=O)CCCCCCCCCCCC(C)C. The molecule has 606 valence electrons. The average Bonchev–Trinajstić information content (AvgIpc) is 0.909. The van der Waals surface area contributed by atoms with E-state index in [9.17, 15) is 43.2 Å². The van der Waals surface area contributed by atoms with Crippen LogP contribution in [0.2, 0.25) is 0 Å². The molecular formula is C83H162O17P2. The lowest BCUT2D eigenvalue weighted by Crippen LogP contribution is -2.30. The van der Waals surface area contributed by atoms with Crippen LogP contribution in [0.5, 0.6) is 0 Å². The van der Waals surface area contributed by atoms with Gasteiger partial charge < -0.3 is 33.8 Å². The number of unbranched alkanes of at least 4 members (excludes halogenated alkanes) is 45. The number of phosphoric acid groups is 2. The molecule has 0 aliphatic heterocycles. The van der Waals surface area contributed by atoms with E-state index in [0.717, 1.165) is 114 Å². The van der Waals surface area contributed by atoms with Crippen molar-refractivity contribution in [1.29, 1.82) is 0 Å². The number of esters is 4. The Balaban J connectivity index is 5.17. The molecule has 0 heterocycles. The van der Waals surface area contributed by atoms with Crippen molar-refractivity contribution < 1.29 is 80.2 Å². The van der Waals surface area contributed by atoms with Gasteiger partial charge in [0.25, 0.3) is 0 Å². The Labute approximate surface area is 626 Å². The highest BCUT2D eigenvalue weighted by Crippen LogP contribution is 2.45. The van der Waals surface area contributed by atoms with E-state index in [0.29, 0.717) is 31.6 Å². The quantitative estimate of drug-likeness (QED) is 0.0222. The molecule has 0 spiro atoms. The van der Waals surface area contributed by atoms with E-state index in [-0.39, 0.29) is 25.7 Å². The van der Waals surface area contributed by atoms with Crippen molar-refractivity contribution in [3.8, 4) is 0 Å². The molecule has 6 atom stereocenters. The summed E-state index contributed by atoms with van der Waals surface area (Å²) >= 11 is 0. The predicted molar refractivity (Wildman–Crippen MR) is 418 cm³/mol. The number of carbonyl (C=O) groups excluding carboxylic acids is 4. The molecule has 0 rings (SSSR count). The van der Waals surface area contributed by atoms with Crippen LogP contribution >= 0.6 is 15.6 Å². The van der Waals surface area contributed by atoms with Crippen molar-refractivity contribution >= 4 is 39.5 Å². The number of carbonyl (C=O) groups is 4. The lowest BCUT2D eigenvalue weighted by molar-refractivity contribution is -0.161. The predicted octanol–water partition coefficient (Wildman–Crippen LogP) is 24.8. The second kappa shape index (κ2) is 72.0. The van der Waals surface area contributed by atoms with Gasteiger partial charge in [-0.25, -0.2) is 9.13 Å². The van der Waals surface area contributed by atoms with Gasteiger partial charge in [0.15, 0.2) is 12.2 Å². The number of rotatable bonds is 80. The Kier molecular flexibility index (Phi) is 70.6. The fraction of sp³-hybridized carbons (Fsp3) is 0.952.